The molecule has 0 radical (unpaired) electrons. The standard InChI is InChI=1S/C16H18N8O2/c25-15(14-20-16(22-21-14)24-10-18-19-11-24)23-7-3-5-13(8-23)26-9-12-4-1-2-6-17-12/h1-2,4,6,10-11,13H,3,5,7-9H2,(H,20,21,22). The van der Waals surface area contributed by atoms with Crippen LogP contribution in [0, 0.1) is 0 Å². The number of nitrogens with one attached hydrogen (secondary N) is 1. The number of H-pyrrole nitrogens is 1. The summed E-state index contributed by atoms with van der Waals surface area (Å²) in [5.41, 5.74) is 0.879. The van der Waals surface area contributed by atoms with E-state index in [-0.39, 0.29) is 17.8 Å². The van der Waals surface area contributed by atoms with Crippen LogP contribution in [0.4, 0.5) is 0 Å². The van der Waals surface area contributed by atoms with Crippen molar-refractivity contribution in [3.05, 3.63) is 48.6 Å². The molecule has 3 aromatic heterocycles. The summed E-state index contributed by atoms with van der Waals surface area (Å²) in [7, 11) is 0. The Kier molecular flexibility index (Phi) is 4.65. The minimum atomic E-state index is -0.192. The molecule has 10 nitrogen and oxygen atoms in total. The van der Waals surface area contributed by atoms with Gasteiger partial charge >= 0.3 is 0 Å². The predicted octanol–water partition coefficient (Wildman–Crippen LogP) is 0.602. The maximum Gasteiger partial charge on any atom is 0.291 e. The highest BCUT2D eigenvalue weighted by molar-refractivity contribution is 5.90. The van der Waals surface area contributed by atoms with E-state index in [0.717, 1.165) is 18.5 Å². The number of amides is 1. The van der Waals surface area contributed by atoms with E-state index in [1.807, 2.05) is 18.2 Å². The number of carbonyl (C=O) groups excluding carboxylic acids is 1. The molecular formula is C16H18N8O2. The van der Waals surface area contributed by atoms with Crippen molar-refractivity contribution in [1.29, 1.82) is 0 Å². The van der Waals surface area contributed by atoms with Crippen molar-refractivity contribution in [3.63, 3.8) is 0 Å². The third-order valence-electron chi connectivity index (χ3n) is 4.18. The summed E-state index contributed by atoms with van der Waals surface area (Å²) in [6.07, 6.45) is 6.46. The van der Waals surface area contributed by atoms with Crippen LogP contribution in [0.1, 0.15) is 29.2 Å². The van der Waals surface area contributed by atoms with E-state index in [0.29, 0.717) is 25.6 Å². The van der Waals surface area contributed by atoms with Gasteiger partial charge in [0.15, 0.2) is 0 Å². The van der Waals surface area contributed by atoms with Crippen LogP contribution in [0.15, 0.2) is 37.1 Å². The van der Waals surface area contributed by atoms with Crippen molar-refractivity contribution >= 4 is 5.91 Å². The molecular weight excluding hydrogens is 336 g/mol. The Morgan fingerprint density at radius 1 is 1.31 bits per heavy atom. The van der Waals surface area contributed by atoms with Gasteiger partial charge in [0.05, 0.1) is 18.4 Å². The van der Waals surface area contributed by atoms with Gasteiger partial charge < -0.3 is 9.64 Å². The summed E-state index contributed by atoms with van der Waals surface area (Å²) in [5.74, 6) is 0.334. The van der Waals surface area contributed by atoms with Crippen LogP contribution in [0.5, 0.6) is 0 Å². The minimum Gasteiger partial charge on any atom is -0.370 e. The Hall–Kier alpha value is -3.14. The largest absolute Gasteiger partial charge is 0.370 e. The molecule has 1 fully saturated rings. The molecule has 3 aromatic rings. The second-order valence-electron chi connectivity index (χ2n) is 6.00. The van der Waals surface area contributed by atoms with E-state index < -0.39 is 0 Å². The fourth-order valence-corrected chi connectivity index (χ4v) is 2.86. The molecule has 0 spiro atoms. The molecule has 1 saturated heterocycles. The number of hydrogen-bond acceptors (Lipinski definition) is 7. The number of hydrogen-bond donors (Lipinski definition) is 1. The van der Waals surface area contributed by atoms with E-state index in [1.54, 1.807) is 11.1 Å². The van der Waals surface area contributed by atoms with Gasteiger partial charge in [0, 0.05) is 19.3 Å². The fraction of sp³-hybridized carbons (Fsp3) is 0.375. The normalized spacial score (nSPS) is 17.4. The van der Waals surface area contributed by atoms with Gasteiger partial charge in [0.2, 0.25) is 5.82 Å². The molecule has 4 rings (SSSR count). The molecule has 4 heterocycles. The Labute approximate surface area is 149 Å². The third-order valence-corrected chi connectivity index (χ3v) is 4.18. The molecule has 0 bridgehead atoms. The van der Waals surface area contributed by atoms with Crippen molar-refractivity contribution in [2.24, 2.45) is 0 Å². The quantitative estimate of drug-likeness (QED) is 0.713. The molecule has 0 aliphatic carbocycles. The molecule has 26 heavy (non-hydrogen) atoms. The number of rotatable bonds is 5. The number of aromatic amines is 1. The number of likely N-dealkylation sites (tertiary alicyclic amines) is 1. The highest BCUT2D eigenvalue weighted by Gasteiger charge is 2.27. The van der Waals surface area contributed by atoms with Crippen LogP contribution in [0.25, 0.3) is 5.95 Å². The number of ether oxygens (including phenoxy) is 1. The average molecular weight is 354 g/mol. The molecule has 1 N–H and O–H groups in total. The van der Waals surface area contributed by atoms with E-state index >= 15 is 0 Å². The van der Waals surface area contributed by atoms with E-state index in [2.05, 4.69) is 30.4 Å². The topological polar surface area (TPSA) is 115 Å². The van der Waals surface area contributed by atoms with Crippen LogP contribution < -0.4 is 0 Å². The second-order valence-corrected chi connectivity index (χ2v) is 6.00. The first-order valence-corrected chi connectivity index (χ1v) is 8.38. The van der Waals surface area contributed by atoms with E-state index in [4.69, 9.17) is 4.74 Å². The second kappa shape index (κ2) is 7.40. The summed E-state index contributed by atoms with van der Waals surface area (Å²) < 4.78 is 7.46. The third kappa shape index (κ3) is 3.59. The zero-order chi connectivity index (χ0) is 17.8. The molecule has 1 unspecified atom stereocenters. The van der Waals surface area contributed by atoms with Crippen LogP contribution in [0.2, 0.25) is 0 Å². The first-order chi connectivity index (χ1) is 12.8. The Bertz CT molecular complexity index is 848. The average Bonchev–Trinajstić information content (AvgIpc) is 3.38. The van der Waals surface area contributed by atoms with Crippen molar-refractivity contribution in [3.8, 4) is 5.95 Å². The Balaban J connectivity index is 1.37. The van der Waals surface area contributed by atoms with Crippen LogP contribution >= 0.6 is 0 Å². The molecule has 1 aliphatic heterocycles. The number of aromatic nitrogens is 7. The summed E-state index contributed by atoms with van der Waals surface area (Å²) >= 11 is 0. The van der Waals surface area contributed by atoms with Gasteiger partial charge in [-0.15, -0.1) is 15.3 Å². The van der Waals surface area contributed by atoms with E-state index in [9.17, 15) is 4.79 Å². The lowest BCUT2D eigenvalue weighted by Gasteiger charge is -2.32. The minimum absolute atomic E-state index is 0.0186. The van der Waals surface area contributed by atoms with Crippen LogP contribution in [-0.2, 0) is 11.3 Å². The van der Waals surface area contributed by atoms with Gasteiger partial charge in [0.25, 0.3) is 11.9 Å². The maximum atomic E-state index is 12.7. The zero-order valence-corrected chi connectivity index (χ0v) is 14.0. The lowest BCUT2D eigenvalue weighted by molar-refractivity contribution is -0.00816. The number of piperidine rings is 1. The lowest BCUT2D eigenvalue weighted by atomic mass is 10.1. The van der Waals surface area contributed by atoms with Gasteiger partial charge in [-0.2, -0.15) is 4.98 Å². The highest BCUT2D eigenvalue weighted by atomic mass is 16.5. The smallest absolute Gasteiger partial charge is 0.291 e. The van der Waals surface area contributed by atoms with Gasteiger partial charge in [-0.1, -0.05) is 6.07 Å². The molecule has 1 amide bonds. The van der Waals surface area contributed by atoms with E-state index in [1.165, 1.54) is 17.2 Å². The lowest BCUT2D eigenvalue weighted by Crippen LogP contribution is -2.43. The first-order valence-electron chi connectivity index (χ1n) is 8.38. The zero-order valence-electron chi connectivity index (χ0n) is 14.0. The number of carbonyl (C=O) groups is 1. The summed E-state index contributed by atoms with van der Waals surface area (Å²) in [5, 5.41) is 14.1. The number of nitrogens with zero attached hydrogens (tertiary/aromatic N) is 7. The molecule has 1 atom stereocenters. The highest BCUT2D eigenvalue weighted by Crippen LogP contribution is 2.16. The predicted molar refractivity (Wildman–Crippen MR) is 89.3 cm³/mol. The molecule has 0 saturated carbocycles. The first kappa shape index (κ1) is 16.3. The van der Waals surface area contributed by atoms with Gasteiger partial charge in [-0.3, -0.25) is 19.4 Å². The van der Waals surface area contributed by atoms with Crippen molar-refractivity contribution < 1.29 is 9.53 Å². The van der Waals surface area contributed by atoms with Crippen LogP contribution in [0.3, 0.4) is 0 Å². The van der Waals surface area contributed by atoms with Crippen LogP contribution in [-0.4, -0.2) is 64.9 Å². The Morgan fingerprint density at radius 2 is 2.19 bits per heavy atom. The molecule has 1 aliphatic rings. The summed E-state index contributed by atoms with van der Waals surface area (Å²) in [6.45, 7) is 1.63. The van der Waals surface area contributed by atoms with Crippen molar-refractivity contribution in [2.75, 3.05) is 13.1 Å². The van der Waals surface area contributed by atoms with Gasteiger partial charge in [0.1, 0.15) is 12.7 Å². The summed E-state index contributed by atoms with van der Waals surface area (Å²) in [6, 6.07) is 5.72. The summed E-state index contributed by atoms with van der Waals surface area (Å²) in [4.78, 5) is 22.9. The van der Waals surface area contributed by atoms with Gasteiger partial charge in [-0.25, -0.2) is 0 Å². The van der Waals surface area contributed by atoms with Gasteiger partial charge in [-0.05, 0) is 25.0 Å². The monoisotopic (exact) mass is 354 g/mol. The molecule has 10 heteroatoms. The van der Waals surface area contributed by atoms with Crippen molar-refractivity contribution in [1.82, 2.24) is 39.8 Å². The Morgan fingerprint density at radius 3 is 3.00 bits per heavy atom. The molecule has 134 valence electrons. The fourth-order valence-electron chi connectivity index (χ4n) is 2.86. The molecule has 0 aromatic carbocycles. The maximum absolute atomic E-state index is 12.7. The number of pyridine rings is 1. The SMILES string of the molecule is O=C(c1nc(-n2cnnc2)n[nH]1)N1CCCC(OCc2ccccn2)C1. The van der Waals surface area contributed by atoms with Crippen molar-refractivity contribution in [2.45, 2.75) is 25.6 Å².